The quantitative estimate of drug-likeness (QED) is 0.799. The molecule has 1 aromatic rings. The summed E-state index contributed by atoms with van der Waals surface area (Å²) in [5.41, 5.74) is 1.32. The molecular formula is C15H23BrN2O. The van der Waals surface area contributed by atoms with Crippen molar-refractivity contribution in [2.75, 3.05) is 40.3 Å². The Labute approximate surface area is 124 Å². The summed E-state index contributed by atoms with van der Waals surface area (Å²) in [7, 11) is 3.89. The molecule has 19 heavy (non-hydrogen) atoms. The van der Waals surface area contributed by atoms with Gasteiger partial charge in [0.2, 0.25) is 0 Å². The van der Waals surface area contributed by atoms with Gasteiger partial charge in [-0.2, -0.15) is 0 Å². The highest BCUT2D eigenvalue weighted by molar-refractivity contribution is 9.10. The Balaban J connectivity index is 1.80. The van der Waals surface area contributed by atoms with Gasteiger partial charge in [0.05, 0.1) is 11.6 Å². The molecule has 0 amide bonds. The second-order valence-electron chi connectivity index (χ2n) is 5.26. The first-order chi connectivity index (χ1) is 9.19. The summed E-state index contributed by atoms with van der Waals surface area (Å²) in [5.74, 6) is 0.892. The van der Waals surface area contributed by atoms with Crippen molar-refractivity contribution in [2.45, 2.75) is 19.4 Å². The highest BCUT2D eigenvalue weighted by atomic mass is 79.9. The van der Waals surface area contributed by atoms with E-state index in [0.717, 1.165) is 23.3 Å². The van der Waals surface area contributed by atoms with Gasteiger partial charge in [0.15, 0.2) is 0 Å². The fraction of sp³-hybridized carbons (Fsp3) is 0.600. The van der Waals surface area contributed by atoms with E-state index in [2.05, 4.69) is 44.9 Å². The van der Waals surface area contributed by atoms with Crippen molar-refractivity contribution < 1.29 is 4.74 Å². The number of methoxy groups -OCH3 is 1. The maximum absolute atomic E-state index is 5.25. The Kier molecular flexibility index (Phi) is 5.67. The molecule has 4 heteroatoms. The molecule has 0 bridgehead atoms. The van der Waals surface area contributed by atoms with Crippen LogP contribution in [-0.2, 0) is 6.54 Å². The molecule has 1 heterocycles. The average molecular weight is 327 g/mol. The topological polar surface area (TPSA) is 15.7 Å². The van der Waals surface area contributed by atoms with Crippen LogP contribution >= 0.6 is 15.9 Å². The van der Waals surface area contributed by atoms with Gasteiger partial charge in [0.25, 0.3) is 0 Å². The number of ether oxygens (including phenoxy) is 1. The first-order valence-corrected chi connectivity index (χ1v) is 7.71. The number of hydrogen-bond acceptors (Lipinski definition) is 3. The van der Waals surface area contributed by atoms with Gasteiger partial charge in [-0.05, 0) is 66.6 Å². The van der Waals surface area contributed by atoms with E-state index in [4.69, 9.17) is 4.74 Å². The van der Waals surface area contributed by atoms with E-state index in [0.29, 0.717) is 0 Å². The summed E-state index contributed by atoms with van der Waals surface area (Å²) in [4.78, 5) is 4.94. The van der Waals surface area contributed by atoms with Gasteiger partial charge in [0.1, 0.15) is 5.75 Å². The predicted octanol–water partition coefficient (Wildman–Crippen LogP) is 2.99. The minimum atomic E-state index is 0.892. The van der Waals surface area contributed by atoms with Gasteiger partial charge in [-0.25, -0.2) is 0 Å². The molecule has 0 aliphatic carbocycles. The molecule has 1 fully saturated rings. The number of benzene rings is 1. The first kappa shape index (κ1) is 14.8. The van der Waals surface area contributed by atoms with Crippen molar-refractivity contribution in [3.05, 3.63) is 28.2 Å². The Morgan fingerprint density at radius 3 is 2.68 bits per heavy atom. The highest BCUT2D eigenvalue weighted by Gasteiger charge is 2.12. The van der Waals surface area contributed by atoms with Crippen LogP contribution in [0.2, 0.25) is 0 Å². The van der Waals surface area contributed by atoms with Crippen molar-refractivity contribution in [3.8, 4) is 5.75 Å². The van der Waals surface area contributed by atoms with Gasteiger partial charge < -0.3 is 14.5 Å². The molecule has 3 nitrogen and oxygen atoms in total. The third-order valence-electron chi connectivity index (χ3n) is 3.67. The lowest BCUT2D eigenvalue weighted by atomic mass is 10.2. The van der Waals surface area contributed by atoms with Crippen molar-refractivity contribution in [1.82, 2.24) is 9.80 Å². The molecule has 0 N–H and O–H groups in total. The minimum absolute atomic E-state index is 0.892. The molecule has 0 aromatic heterocycles. The number of halogens is 1. The summed E-state index contributed by atoms with van der Waals surface area (Å²) >= 11 is 3.54. The molecule has 0 radical (unpaired) electrons. The third kappa shape index (κ3) is 4.48. The summed E-state index contributed by atoms with van der Waals surface area (Å²) in [6.07, 6.45) is 2.74. The summed E-state index contributed by atoms with van der Waals surface area (Å²) < 4.78 is 6.28. The maximum Gasteiger partial charge on any atom is 0.133 e. The zero-order chi connectivity index (χ0) is 13.7. The third-order valence-corrected chi connectivity index (χ3v) is 4.29. The molecule has 106 valence electrons. The number of likely N-dealkylation sites (N-methyl/N-ethyl adjacent to an activating group) is 1. The molecule has 1 aliphatic heterocycles. The number of hydrogen-bond donors (Lipinski definition) is 0. The SMILES string of the molecule is COc1ccc(CN(C)CCN2CCCC2)cc1Br. The van der Waals surface area contributed by atoms with Gasteiger partial charge in [-0.15, -0.1) is 0 Å². The first-order valence-electron chi connectivity index (χ1n) is 6.92. The van der Waals surface area contributed by atoms with E-state index >= 15 is 0 Å². The van der Waals surface area contributed by atoms with E-state index in [1.165, 1.54) is 38.0 Å². The monoisotopic (exact) mass is 326 g/mol. The van der Waals surface area contributed by atoms with E-state index in [1.54, 1.807) is 7.11 Å². The smallest absolute Gasteiger partial charge is 0.133 e. The Morgan fingerprint density at radius 2 is 2.05 bits per heavy atom. The number of likely N-dealkylation sites (tertiary alicyclic amines) is 1. The molecule has 0 spiro atoms. The van der Waals surface area contributed by atoms with Crippen LogP contribution in [0.3, 0.4) is 0 Å². The van der Waals surface area contributed by atoms with Crippen LogP contribution in [0.25, 0.3) is 0 Å². The standard InChI is InChI=1S/C15H23BrN2O/c1-17(9-10-18-7-3-4-8-18)12-13-5-6-15(19-2)14(16)11-13/h5-6,11H,3-4,7-10,12H2,1-2H3. The van der Waals surface area contributed by atoms with E-state index in [9.17, 15) is 0 Å². The average Bonchev–Trinajstić information content (AvgIpc) is 2.90. The van der Waals surface area contributed by atoms with Gasteiger partial charge in [0, 0.05) is 19.6 Å². The minimum Gasteiger partial charge on any atom is -0.496 e. The van der Waals surface area contributed by atoms with Crippen molar-refractivity contribution in [2.24, 2.45) is 0 Å². The van der Waals surface area contributed by atoms with Crippen molar-refractivity contribution >= 4 is 15.9 Å². The van der Waals surface area contributed by atoms with Gasteiger partial charge in [-0.3, -0.25) is 0 Å². The fourth-order valence-corrected chi connectivity index (χ4v) is 3.11. The zero-order valence-corrected chi connectivity index (χ0v) is 13.4. The normalized spacial score (nSPS) is 16.2. The summed E-state index contributed by atoms with van der Waals surface area (Å²) in [6, 6.07) is 6.30. The van der Waals surface area contributed by atoms with Crippen molar-refractivity contribution in [3.63, 3.8) is 0 Å². The molecule has 1 saturated heterocycles. The Hall–Kier alpha value is -0.580. The van der Waals surface area contributed by atoms with Crippen LogP contribution in [-0.4, -0.2) is 50.1 Å². The van der Waals surface area contributed by atoms with E-state index < -0.39 is 0 Å². The van der Waals surface area contributed by atoms with E-state index in [-0.39, 0.29) is 0 Å². The number of rotatable bonds is 6. The van der Waals surface area contributed by atoms with Crippen LogP contribution in [0.15, 0.2) is 22.7 Å². The molecule has 0 atom stereocenters. The second kappa shape index (κ2) is 7.27. The van der Waals surface area contributed by atoms with Crippen LogP contribution in [0.1, 0.15) is 18.4 Å². The predicted molar refractivity (Wildman–Crippen MR) is 82.7 cm³/mol. The second-order valence-corrected chi connectivity index (χ2v) is 6.11. The van der Waals surface area contributed by atoms with Crippen LogP contribution in [0.5, 0.6) is 5.75 Å². The van der Waals surface area contributed by atoms with Crippen LogP contribution < -0.4 is 4.74 Å². The zero-order valence-electron chi connectivity index (χ0n) is 11.9. The highest BCUT2D eigenvalue weighted by Crippen LogP contribution is 2.25. The largest absolute Gasteiger partial charge is 0.496 e. The van der Waals surface area contributed by atoms with Crippen LogP contribution in [0, 0.1) is 0 Å². The summed E-state index contributed by atoms with van der Waals surface area (Å²) in [6.45, 7) is 5.86. The maximum atomic E-state index is 5.25. The van der Waals surface area contributed by atoms with Gasteiger partial charge >= 0.3 is 0 Å². The molecular weight excluding hydrogens is 304 g/mol. The molecule has 1 aliphatic rings. The lowest BCUT2D eigenvalue weighted by molar-refractivity contribution is 0.252. The van der Waals surface area contributed by atoms with E-state index in [1.807, 2.05) is 6.07 Å². The summed E-state index contributed by atoms with van der Waals surface area (Å²) in [5, 5.41) is 0. The fourth-order valence-electron chi connectivity index (χ4n) is 2.52. The van der Waals surface area contributed by atoms with Crippen LogP contribution in [0.4, 0.5) is 0 Å². The molecule has 0 unspecified atom stereocenters. The molecule has 0 saturated carbocycles. The molecule has 1 aromatic carbocycles. The van der Waals surface area contributed by atoms with Gasteiger partial charge in [-0.1, -0.05) is 6.07 Å². The van der Waals surface area contributed by atoms with Crippen molar-refractivity contribution in [1.29, 1.82) is 0 Å². The lowest BCUT2D eigenvalue weighted by Crippen LogP contribution is -2.31. The molecule has 2 rings (SSSR count). The Bertz CT molecular complexity index is 405. The lowest BCUT2D eigenvalue weighted by Gasteiger charge is -2.21. The number of nitrogens with zero attached hydrogens (tertiary/aromatic N) is 2. The Morgan fingerprint density at radius 1 is 1.32 bits per heavy atom.